The van der Waals surface area contributed by atoms with Gasteiger partial charge in [-0.05, 0) is 37.7 Å². The number of nitrogens with one attached hydrogen (secondary N) is 2. The van der Waals surface area contributed by atoms with E-state index >= 15 is 0 Å². The van der Waals surface area contributed by atoms with Crippen molar-refractivity contribution in [1.29, 1.82) is 0 Å². The molecule has 5 heteroatoms. The van der Waals surface area contributed by atoms with Crippen molar-refractivity contribution >= 4 is 5.91 Å². The number of aromatic nitrogens is 2. The summed E-state index contributed by atoms with van der Waals surface area (Å²) in [5.74, 6) is -0.0786. The SMILES string of the molecule is CNC(=O)c1nn(Cc2ccccc2)c2c1CC(NC1CC1)CC2. The Morgan fingerprint density at radius 3 is 2.71 bits per heavy atom. The summed E-state index contributed by atoms with van der Waals surface area (Å²) in [5, 5.41) is 11.1. The van der Waals surface area contributed by atoms with E-state index in [0.717, 1.165) is 31.4 Å². The molecule has 1 aromatic carbocycles. The van der Waals surface area contributed by atoms with E-state index in [1.807, 2.05) is 22.9 Å². The van der Waals surface area contributed by atoms with Crippen LogP contribution in [0.5, 0.6) is 0 Å². The summed E-state index contributed by atoms with van der Waals surface area (Å²) in [5.41, 5.74) is 4.18. The highest BCUT2D eigenvalue weighted by Crippen LogP contribution is 2.28. The molecule has 2 N–H and O–H groups in total. The minimum Gasteiger partial charge on any atom is -0.354 e. The summed E-state index contributed by atoms with van der Waals surface area (Å²) in [6.07, 6.45) is 5.59. The van der Waals surface area contributed by atoms with Gasteiger partial charge in [0.2, 0.25) is 0 Å². The Hall–Kier alpha value is -2.14. The molecular weight excluding hydrogens is 300 g/mol. The molecule has 2 aliphatic carbocycles. The molecule has 2 aromatic rings. The van der Waals surface area contributed by atoms with Crippen molar-refractivity contribution in [3.8, 4) is 0 Å². The fourth-order valence-electron chi connectivity index (χ4n) is 3.60. The lowest BCUT2D eigenvalue weighted by molar-refractivity contribution is 0.0956. The van der Waals surface area contributed by atoms with E-state index in [1.165, 1.54) is 24.1 Å². The van der Waals surface area contributed by atoms with Gasteiger partial charge in [-0.15, -0.1) is 0 Å². The molecule has 0 spiro atoms. The monoisotopic (exact) mass is 324 g/mol. The lowest BCUT2D eigenvalue weighted by atomic mass is 9.91. The Morgan fingerprint density at radius 1 is 1.21 bits per heavy atom. The van der Waals surface area contributed by atoms with Gasteiger partial charge in [-0.2, -0.15) is 5.10 Å². The molecule has 1 aromatic heterocycles. The second kappa shape index (κ2) is 6.40. The molecule has 1 saturated carbocycles. The fourth-order valence-corrected chi connectivity index (χ4v) is 3.60. The maximum absolute atomic E-state index is 12.3. The Bertz CT molecular complexity index is 733. The number of hydrogen-bond acceptors (Lipinski definition) is 3. The molecule has 0 bridgehead atoms. The lowest BCUT2D eigenvalue weighted by Crippen LogP contribution is -2.36. The van der Waals surface area contributed by atoms with Crippen LogP contribution in [0.4, 0.5) is 0 Å². The number of nitrogens with zero attached hydrogens (tertiary/aromatic N) is 2. The number of carbonyl (C=O) groups excluding carboxylic acids is 1. The van der Waals surface area contributed by atoms with Crippen LogP contribution in [0.25, 0.3) is 0 Å². The summed E-state index contributed by atoms with van der Waals surface area (Å²) < 4.78 is 2.03. The number of fused-ring (bicyclic) bond motifs is 1. The second-order valence-corrected chi connectivity index (χ2v) is 6.88. The highest BCUT2D eigenvalue weighted by Gasteiger charge is 2.31. The topological polar surface area (TPSA) is 59.0 Å². The van der Waals surface area contributed by atoms with Crippen LogP contribution in [-0.2, 0) is 19.4 Å². The van der Waals surface area contributed by atoms with E-state index in [0.29, 0.717) is 17.8 Å². The first-order valence-corrected chi connectivity index (χ1v) is 8.85. The summed E-state index contributed by atoms with van der Waals surface area (Å²) >= 11 is 0. The third kappa shape index (κ3) is 3.08. The van der Waals surface area contributed by atoms with Crippen molar-refractivity contribution in [2.75, 3.05) is 7.05 Å². The Labute approximate surface area is 142 Å². The van der Waals surface area contributed by atoms with Gasteiger partial charge in [0.05, 0.1) is 6.54 Å². The molecule has 0 radical (unpaired) electrons. The zero-order chi connectivity index (χ0) is 16.5. The van der Waals surface area contributed by atoms with Crippen LogP contribution in [0, 0.1) is 0 Å². The number of benzene rings is 1. The minimum absolute atomic E-state index is 0.0786. The molecule has 24 heavy (non-hydrogen) atoms. The van der Waals surface area contributed by atoms with E-state index in [4.69, 9.17) is 0 Å². The van der Waals surface area contributed by atoms with Crippen LogP contribution >= 0.6 is 0 Å². The van der Waals surface area contributed by atoms with Crippen LogP contribution < -0.4 is 10.6 Å². The average molecular weight is 324 g/mol. The molecule has 1 fully saturated rings. The third-order valence-corrected chi connectivity index (χ3v) is 5.01. The molecule has 0 aliphatic heterocycles. The zero-order valence-electron chi connectivity index (χ0n) is 14.1. The normalized spacial score (nSPS) is 19.8. The highest BCUT2D eigenvalue weighted by atomic mass is 16.1. The van der Waals surface area contributed by atoms with E-state index in [2.05, 4.69) is 27.9 Å². The van der Waals surface area contributed by atoms with Crippen molar-refractivity contribution in [2.45, 2.75) is 50.7 Å². The van der Waals surface area contributed by atoms with Crippen LogP contribution in [0.1, 0.15) is 46.6 Å². The standard InChI is InChI=1S/C19H24N4O/c1-20-19(24)18-16-11-15(21-14-7-8-14)9-10-17(16)23(22-18)12-13-5-3-2-4-6-13/h2-6,14-15,21H,7-12H2,1H3,(H,20,24). The molecular formula is C19H24N4O. The predicted octanol–water partition coefficient (Wildman–Crippen LogP) is 1.90. The van der Waals surface area contributed by atoms with Gasteiger partial charge < -0.3 is 10.6 Å². The van der Waals surface area contributed by atoms with Gasteiger partial charge in [-0.1, -0.05) is 30.3 Å². The predicted molar refractivity (Wildman–Crippen MR) is 93.1 cm³/mol. The van der Waals surface area contributed by atoms with Gasteiger partial charge in [0, 0.05) is 30.4 Å². The van der Waals surface area contributed by atoms with E-state index in [-0.39, 0.29) is 5.91 Å². The second-order valence-electron chi connectivity index (χ2n) is 6.88. The molecule has 1 unspecified atom stereocenters. The largest absolute Gasteiger partial charge is 0.354 e. The summed E-state index contributed by atoms with van der Waals surface area (Å²) in [4.78, 5) is 12.3. The Kier molecular flexibility index (Phi) is 4.10. The maximum Gasteiger partial charge on any atom is 0.271 e. The van der Waals surface area contributed by atoms with Crippen LogP contribution in [0.15, 0.2) is 30.3 Å². The number of rotatable bonds is 5. The van der Waals surface area contributed by atoms with Gasteiger partial charge >= 0.3 is 0 Å². The van der Waals surface area contributed by atoms with Gasteiger partial charge in [0.15, 0.2) is 5.69 Å². The van der Waals surface area contributed by atoms with Crippen molar-refractivity contribution < 1.29 is 4.79 Å². The first-order chi connectivity index (χ1) is 11.7. The number of amides is 1. The smallest absolute Gasteiger partial charge is 0.271 e. The molecule has 4 rings (SSSR count). The van der Waals surface area contributed by atoms with E-state index in [9.17, 15) is 4.79 Å². The first-order valence-electron chi connectivity index (χ1n) is 8.85. The highest BCUT2D eigenvalue weighted by molar-refractivity contribution is 5.93. The van der Waals surface area contributed by atoms with E-state index in [1.54, 1.807) is 7.05 Å². The van der Waals surface area contributed by atoms with Gasteiger partial charge in [0.25, 0.3) is 5.91 Å². The molecule has 1 atom stereocenters. The van der Waals surface area contributed by atoms with E-state index < -0.39 is 0 Å². The molecule has 2 aliphatic rings. The minimum atomic E-state index is -0.0786. The molecule has 0 saturated heterocycles. The fraction of sp³-hybridized carbons (Fsp3) is 0.474. The summed E-state index contributed by atoms with van der Waals surface area (Å²) in [6, 6.07) is 11.5. The molecule has 5 nitrogen and oxygen atoms in total. The van der Waals surface area contributed by atoms with Gasteiger partial charge in [-0.3, -0.25) is 9.48 Å². The Balaban J connectivity index is 1.63. The Morgan fingerprint density at radius 2 is 2.00 bits per heavy atom. The maximum atomic E-state index is 12.3. The third-order valence-electron chi connectivity index (χ3n) is 5.01. The molecule has 1 amide bonds. The summed E-state index contributed by atoms with van der Waals surface area (Å²) in [6.45, 7) is 0.723. The quantitative estimate of drug-likeness (QED) is 0.883. The van der Waals surface area contributed by atoms with Crippen LogP contribution in [0.3, 0.4) is 0 Å². The molecule has 126 valence electrons. The van der Waals surface area contributed by atoms with Crippen LogP contribution in [-0.4, -0.2) is 34.8 Å². The number of carbonyl (C=O) groups is 1. The lowest BCUT2D eigenvalue weighted by Gasteiger charge is -2.24. The summed E-state index contributed by atoms with van der Waals surface area (Å²) in [7, 11) is 1.67. The van der Waals surface area contributed by atoms with Gasteiger partial charge in [0.1, 0.15) is 0 Å². The van der Waals surface area contributed by atoms with Gasteiger partial charge in [-0.25, -0.2) is 0 Å². The van der Waals surface area contributed by atoms with Crippen molar-refractivity contribution in [2.24, 2.45) is 0 Å². The average Bonchev–Trinajstić information content (AvgIpc) is 3.36. The van der Waals surface area contributed by atoms with Crippen LogP contribution in [0.2, 0.25) is 0 Å². The van der Waals surface area contributed by atoms with Crippen molar-refractivity contribution in [1.82, 2.24) is 20.4 Å². The molecule has 1 heterocycles. The van der Waals surface area contributed by atoms with Crippen molar-refractivity contribution in [3.05, 3.63) is 52.8 Å². The number of hydrogen-bond donors (Lipinski definition) is 2. The van der Waals surface area contributed by atoms with Crippen molar-refractivity contribution in [3.63, 3.8) is 0 Å². The zero-order valence-corrected chi connectivity index (χ0v) is 14.1. The first kappa shape index (κ1) is 15.4.